The van der Waals surface area contributed by atoms with E-state index >= 15 is 0 Å². The number of nitrogens with zero attached hydrogens (tertiary/aromatic N) is 1. The molecule has 0 bridgehead atoms. The molecule has 0 amide bonds. The number of hydrogen-bond donors (Lipinski definition) is 3. The van der Waals surface area contributed by atoms with Gasteiger partial charge in [0.25, 0.3) is 0 Å². The summed E-state index contributed by atoms with van der Waals surface area (Å²) in [6, 6.07) is 9.03. The minimum absolute atomic E-state index is 0.0559. The molecule has 0 radical (unpaired) electrons. The second-order valence-corrected chi connectivity index (χ2v) is 8.19. The lowest BCUT2D eigenvalue weighted by Gasteiger charge is -2.32. The van der Waals surface area contributed by atoms with E-state index in [4.69, 9.17) is 0 Å². The van der Waals surface area contributed by atoms with Crippen LogP contribution in [-0.4, -0.2) is 37.4 Å². The minimum Gasteiger partial charge on any atom is -0.478 e. The third-order valence-corrected chi connectivity index (χ3v) is 5.93. The topological polar surface area (TPSA) is 64.6 Å². The molecule has 0 aliphatic heterocycles. The number of nitrogens with one attached hydrogen (secondary N) is 2. The lowest BCUT2D eigenvalue weighted by molar-refractivity contribution is -0.182. The van der Waals surface area contributed by atoms with E-state index < -0.39 is 18.1 Å². The smallest absolute Gasteiger partial charge is 0.391 e. The standard InChI is InChI=1S/C23H27F4N3O2/c1-28-19-12-21(30(2)13-14-3-7-16(24)8-4-14)18(22(31)32)11-20(19)29-17-9-5-15(6-10-17)23(25,26)27/h3-4,7-8,11-12,15,17,28-29H,5-6,9-10,13H2,1-2H3,(H,31,32). The van der Waals surface area contributed by atoms with Crippen molar-refractivity contribution in [2.75, 3.05) is 29.6 Å². The number of halogens is 4. The van der Waals surface area contributed by atoms with E-state index in [0.29, 0.717) is 36.4 Å². The van der Waals surface area contributed by atoms with Gasteiger partial charge in [-0.25, -0.2) is 9.18 Å². The summed E-state index contributed by atoms with van der Waals surface area (Å²) >= 11 is 0. The number of benzene rings is 2. The molecule has 1 fully saturated rings. The molecule has 32 heavy (non-hydrogen) atoms. The Hall–Kier alpha value is -2.97. The zero-order chi connectivity index (χ0) is 23.5. The van der Waals surface area contributed by atoms with Crippen molar-refractivity contribution in [2.45, 2.75) is 44.4 Å². The molecule has 0 saturated heterocycles. The molecule has 3 rings (SSSR count). The third kappa shape index (κ3) is 5.63. The summed E-state index contributed by atoms with van der Waals surface area (Å²) in [7, 11) is 3.45. The summed E-state index contributed by atoms with van der Waals surface area (Å²) in [4.78, 5) is 13.7. The van der Waals surface area contributed by atoms with Crippen molar-refractivity contribution in [1.82, 2.24) is 0 Å². The van der Waals surface area contributed by atoms with Gasteiger partial charge in [0.05, 0.1) is 28.5 Å². The van der Waals surface area contributed by atoms with Crippen molar-refractivity contribution in [1.29, 1.82) is 0 Å². The van der Waals surface area contributed by atoms with Crippen LogP contribution in [0.2, 0.25) is 0 Å². The average molecular weight is 453 g/mol. The van der Waals surface area contributed by atoms with Crippen molar-refractivity contribution < 1.29 is 27.5 Å². The van der Waals surface area contributed by atoms with Crippen LogP contribution in [0, 0.1) is 11.7 Å². The van der Waals surface area contributed by atoms with E-state index in [2.05, 4.69) is 10.6 Å². The highest BCUT2D eigenvalue weighted by atomic mass is 19.4. The Balaban J connectivity index is 1.80. The number of anilines is 3. The molecule has 0 heterocycles. The monoisotopic (exact) mass is 453 g/mol. The maximum absolute atomic E-state index is 13.2. The molecular weight excluding hydrogens is 426 g/mol. The number of aromatic carboxylic acids is 1. The Morgan fingerprint density at radius 2 is 1.72 bits per heavy atom. The molecule has 0 spiro atoms. The normalized spacial score (nSPS) is 18.8. The Morgan fingerprint density at radius 1 is 1.09 bits per heavy atom. The molecular formula is C23H27F4N3O2. The van der Waals surface area contributed by atoms with Crippen LogP contribution in [0.4, 0.5) is 34.6 Å². The number of carboxylic acids is 1. The lowest BCUT2D eigenvalue weighted by Crippen LogP contribution is -2.33. The van der Waals surface area contributed by atoms with Gasteiger partial charge in [-0.15, -0.1) is 0 Å². The van der Waals surface area contributed by atoms with Crippen molar-refractivity contribution in [3.63, 3.8) is 0 Å². The van der Waals surface area contributed by atoms with E-state index in [1.807, 2.05) is 0 Å². The first-order chi connectivity index (χ1) is 15.1. The zero-order valence-corrected chi connectivity index (χ0v) is 18.0. The van der Waals surface area contributed by atoms with Crippen molar-refractivity contribution in [3.05, 3.63) is 53.3 Å². The molecule has 0 unspecified atom stereocenters. The fourth-order valence-electron chi connectivity index (χ4n) is 4.14. The first kappa shape index (κ1) is 23.7. The third-order valence-electron chi connectivity index (χ3n) is 5.93. The van der Waals surface area contributed by atoms with E-state index in [9.17, 15) is 27.5 Å². The largest absolute Gasteiger partial charge is 0.478 e. The van der Waals surface area contributed by atoms with Crippen molar-refractivity contribution in [2.24, 2.45) is 5.92 Å². The maximum atomic E-state index is 13.2. The summed E-state index contributed by atoms with van der Waals surface area (Å²) in [5.41, 5.74) is 2.55. The predicted octanol–water partition coefficient (Wildman–Crippen LogP) is 5.74. The number of alkyl halides is 3. The van der Waals surface area contributed by atoms with Crippen molar-refractivity contribution in [3.8, 4) is 0 Å². The van der Waals surface area contributed by atoms with Crippen LogP contribution in [0.25, 0.3) is 0 Å². The Bertz CT molecular complexity index is 939. The number of carbonyl (C=O) groups is 1. The summed E-state index contributed by atoms with van der Waals surface area (Å²) < 4.78 is 52.0. The highest BCUT2D eigenvalue weighted by Gasteiger charge is 2.41. The van der Waals surface area contributed by atoms with Crippen molar-refractivity contribution >= 4 is 23.0 Å². The Labute approximate surface area is 184 Å². The Morgan fingerprint density at radius 3 is 2.25 bits per heavy atom. The van der Waals surface area contributed by atoms with Gasteiger partial charge in [-0.05, 0) is 55.5 Å². The maximum Gasteiger partial charge on any atom is 0.391 e. The predicted molar refractivity (Wildman–Crippen MR) is 117 cm³/mol. The SMILES string of the molecule is CNc1cc(N(C)Cc2ccc(F)cc2)c(C(=O)O)cc1NC1CCC(C(F)(F)F)CC1. The van der Waals surface area contributed by atoms with E-state index in [-0.39, 0.29) is 30.3 Å². The summed E-state index contributed by atoms with van der Waals surface area (Å²) in [5.74, 6) is -2.74. The van der Waals surface area contributed by atoms with Gasteiger partial charge in [-0.1, -0.05) is 12.1 Å². The average Bonchev–Trinajstić information content (AvgIpc) is 2.74. The first-order valence-electron chi connectivity index (χ1n) is 10.5. The van der Waals surface area contributed by atoms with E-state index in [1.54, 1.807) is 37.2 Å². The van der Waals surface area contributed by atoms with Gasteiger partial charge >= 0.3 is 12.1 Å². The summed E-state index contributed by atoms with van der Waals surface area (Å²) in [5, 5.41) is 16.1. The van der Waals surface area contributed by atoms with Gasteiger partial charge in [0.2, 0.25) is 0 Å². The van der Waals surface area contributed by atoms with Crippen LogP contribution < -0.4 is 15.5 Å². The number of carboxylic acid groups (broad SMARTS) is 1. The molecule has 1 saturated carbocycles. The molecule has 0 aromatic heterocycles. The number of rotatable bonds is 7. The van der Waals surface area contributed by atoms with Crippen LogP contribution >= 0.6 is 0 Å². The quantitative estimate of drug-likeness (QED) is 0.467. The molecule has 2 aromatic carbocycles. The second kappa shape index (κ2) is 9.67. The highest BCUT2D eigenvalue weighted by Crippen LogP contribution is 2.39. The molecule has 5 nitrogen and oxygen atoms in total. The number of hydrogen-bond acceptors (Lipinski definition) is 4. The fourth-order valence-corrected chi connectivity index (χ4v) is 4.14. The fraction of sp³-hybridized carbons (Fsp3) is 0.435. The van der Waals surface area contributed by atoms with Crippen LogP contribution in [0.1, 0.15) is 41.6 Å². The van der Waals surface area contributed by atoms with Crippen LogP contribution in [0.3, 0.4) is 0 Å². The summed E-state index contributed by atoms with van der Waals surface area (Å²) in [6.45, 7) is 0.373. The van der Waals surface area contributed by atoms with Gasteiger partial charge < -0.3 is 20.6 Å². The first-order valence-corrected chi connectivity index (χ1v) is 10.5. The molecule has 1 aliphatic carbocycles. The molecule has 9 heteroatoms. The lowest BCUT2D eigenvalue weighted by atomic mass is 9.85. The van der Waals surface area contributed by atoms with E-state index in [1.165, 1.54) is 18.2 Å². The Kier molecular flexibility index (Phi) is 7.16. The molecule has 174 valence electrons. The molecule has 0 atom stereocenters. The summed E-state index contributed by atoms with van der Waals surface area (Å²) in [6.07, 6.45) is -3.33. The zero-order valence-electron chi connectivity index (χ0n) is 18.0. The van der Waals surface area contributed by atoms with Crippen LogP contribution in [0.15, 0.2) is 36.4 Å². The van der Waals surface area contributed by atoms with E-state index in [0.717, 1.165) is 5.56 Å². The van der Waals surface area contributed by atoms with Crippen LogP contribution in [-0.2, 0) is 6.54 Å². The van der Waals surface area contributed by atoms with Crippen LogP contribution in [0.5, 0.6) is 0 Å². The second-order valence-electron chi connectivity index (χ2n) is 8.19. The highest BCUT2D eigenvalue weighted by molar-refractivity contribution is 5.98. The molecule has 3 N–H and O–H groups in total. The van der Waals surface area contributed by atoms with Gasteiger partial charge in [-0.2, -0.15) is 13.2 Å². The minimum atomic E-state index is -4.17. The van der Waals surface area contributed by atoms with Gasteiger partial charge in [0.15, 0.2) is 0 Å². The molecule has 2 aromatic rings. The van der Waals surface area contributed by atoms with Gasteiger partial charge in [0, 0.05) is 26.7 Å². The van der Waals surface area contributed by atoms with Gasteiger partial charge in [0.1, 0.15) is 5.82 Å². The van der Waals surface area contributed by atoms with Gasteiger partial charge in [-0.3, -0.25) is 0 Å². The molecule has 1 aliphatic rings.